The number of rotatable bonds is 9. The summed E-state index contributed by atoms with van der Waals surface area (Å²) in [6.45, 7) is 0.453. The van der Waals surface area contributed by atoms with E-state index in [2.05, 4.69) is 10.4 Å². The summed E-state index contributed by atoms with van der Waals surface area (Å²) in [4.78, 5) is 13.1. The average Bonchev–Trinajstić information content (AvgIpc) is 3.39. The van der Waals surface area contributed by atoms with Crippen molar-refractivity contribution in [2.24, 2.45) is 0 Å². The molecule has 0 radical (unpaired) electrons. The minimum atomic E-state index is -4.52. The third-order valence-corrected chi connectivity index (χ3v) is 6.87. The van der Waals surface area contributed by atoms with Gasteiger partial charge in [-0.05, 0) is 47.4 Å². The summed E-state index contributed by atoms with van der Waals surface area (Å²) in [7, 11) is 1.53. The number of benzene rings is 3. The third-order valence-electron chi connectivity index (χ3n) is 6.87. The fraction of sp³-hybridized carbons (Fsp3) is 0.267. The summed E-state index contributed by atoms with van der Waals surface area (Å²) in [5.74, 6) is 1.15. The molecule has 4 aromatic rings. The Morgan fingerprint density at radius 1 is 0.974 bits per heavy atom. The SMILES string of the molecule is COc1ccc(C2CC(C(F)(F)F)n3ncc(C(=O)CCc4ccc(OCc5ccccc5)cc4)c3N2)cc1. The molecule has 1 N–H and O–H groups in total. The van der Waals surface area contributed by atoms with Gasteiger partial charge in [-0.15, -0.1) is 0 Å². The van der Waals surface area contributed by atoms with Gasteiger partial charge < -0.3 is 14.8 Å². The van der Waals surface area contributed by atoms with Gasteiger partial charge in [0.15, 0.2) is 11.8 Å². The number of aryl methyl sites for hydroxylation is 1. The van der Waals surface area contributed by atoms with E-state index in [9.17, 15) is 18.0 Å². The van der Waals surface area contributed by atoms with Gasteiger partial charge in [0.05, 0.1) is 24.9 Å². The fourth-order valence-electron chi connectivity index (χ4n) is 4.71. The number of aromatic nitrogens is 2. The van der Waals surface area contributed by atoms with Crippen molar-refractivity contribution in [2.45, 2.75) is 44.1 Å². The highest BCUT2D eigenvalue weighted by atomic mass is 19.4. The van der Waals surface area contributed by atoms with Crippen LogP contribution in [0.1, 0.15) is 52.0 Å². The largest absolute Gasteiger partial charge is 0.497 e. The number of alkyl halides is 3. The van der Waals surface area contributed by atoms with Gasteiger partial charge in [-0.25, -0.2) is 4.68 Å². The monoisotopic (exact) mass is 535 g/mol. The highest BCUT2D eigenvalue weighted by molar-refractivity contribution is 6.00. The first-order valence-corrected chi connectivity index (χ1v) is 12.7. The number of ketones is 1. The van der Waals surface area contributed by atoms with Gasteiger partial charge in [0.25, 0.3) is 0 Å². The highest BCUT2D eigenvalue weighted by Gasteiger charge is 2.47. The highest BCUT2D eigenvalue weighted by Crippen LogP contribution is 2.44. The van der Waals surface area contributed by atoms with Crippen molar-refractivity contribution >= 4 is 11.6 Å². The van der Waals surface area contributed by atoms with E-state index >= 15 is 0 Å². The van der Waals surface area contributed by atoms with Crippen molar-refractivity contribution < 1.29 is 27.4 Å². The van der Waals surface area contributed by atoms with Crippen molar-refractivity contribution in [1.82, 2.24) is 9.78 Å². The molecule has 6 nitrogen and oxygen atoms in total. The third kappa shape index (κ3) is 6.08. The van der Waals surface area contributed by atoms with Crippen LogP contribution in [0.5, 0.6) is 11.5 Å². The Balaban J connectivity index is 1.27. The molecule has 0 bridgehead atoms. The number of nitrogens with one attached hydrogen (secondary N) is 1. The predicted molar refractivity (Wildman–Crippen MR) is 141 cm³/mol. The zero-order valence-corrected chi connectivity index (χ0v) is 21.3. The van der Waals surface area contributed by atoms with E-state index in [1.807, 2.05) is 54.6 Å². The normalized spacial score (nSPS) is 16.7. The quantitative estimate of drug-likeness (QED) is 0.235. The van der Waals surface area contributed by atoms with Crippen LogP contribution in [0.2, 0.25) is 0 Å². The van der Waals surface area contributed by atoms with Crippen LogP contribution in [-0.4, -0.2) is 28.8 Å². The Kier molecular flexibility index (Phi) is 7.58. The number of hydrogen-bond donors (Lipinski definition) is 1. The van der Waals surface area contributed by atoms with E-state index in [0.717, 1.165) is 15.8 Å². The number of methoxy groups -OCH3 is 1. The molecule has 9 heteroatoms. The van der Waals surface area contributed by atoms with Crippen molar-refractivity contribution in [2.75, 3.05) is 12.4 Å². The van der Waals surface area contributed by atoms with Gasteiger partial charge in [0, 0.05) is 12.8 Å². The van der Waals surface area contributed by atoms with Gasteiger partial charge in [-0.3, -0.25) is 4.79 Å². The number of carbonyl (C=O) groups is 1. The molecule has 39 heavy (non-hydrogen) atoms. The van der Waals surface area contributed by atoms with Gasteiger partial charge >= 0.3 is 6.18 Å². The van der Waals surface area contributed by atoms with Crippen molar-refractivity contribution in [3.63, 3.8) is 0 Å². The summed E-state index contributed by atoms with van der Waals surface area (Å²) in [6.07, 6.45) is -2.95. The lowest BCUT2D eigenvalue weighted by atomic mass is 9.96. The van der Waals surface area contributed by atoms with E-state index in [1.165, 1.54) is 13.3 Å². The molecule has 0 saturated heterocycles. The van der Waals surface area contributed by atoms with Gasteiger partial charge in [0.1, 0.15) is 23.9 Å². The van der Waals surface area contributed by atoms with E-state index in [-0.39, 0.29) is 30.0 Å². The van der Waals surface area contributed by atoms with E-state index in [0.29, 0.717) is 30.1 Å². The van der Waals surface area contributed by atoms with Crippen molar-refractivity contribution in [1.29, 1.82) is 0 Å². The Morgan fingerprint density at radius 3 is 2.33 bits per heavy atom. The molecule has 2 unspecified atom stereocenters. The van der Waals surface area contributed by atoms with Crippen LogP contribution in [0.25, 0.3) is 0 Å². The van der Waals surface area contributed by atoms with Crippen LogP contribution >= 0.6 is 0 Å². The molecular weight excluding hydrogens is 507 g/mol. The molecule has 1 aliphatic heterocycles. The molecule has 0 fully saturated rings. The molecule has 5 rings (SSSR count). The number of carbonyl (C=O) groups excluding carboxylic acids is 1. The molecule has 3 aromatic carbocycles. The Bertz CT molecular complexity index is 1400. The second-order valence-electron chi connectivity index (χ2n) is 9.46. The number of anilines is 1. The molecule has 0 saturated carbocycles. The maximum atomic E-state index is 14.0. The minimum Gasteiger partial charge on any atom is -0.497 e. The van der Waals surface area contributed by atoms with E-state index in [4.69, 9.17) is 9.47 Å². The van der Waals surface area contributed by atoms with Crippen LogP contribution in [0, 0.1) is 0 Å². The van der Waals surface area contributed by atoms with Crippen LogP contribution in [0.15, 0.2) is 85.1 Å². The average molecular weight is 536 g/mol. The van der Waals surface area contributed by atoms with Crippen LogP contribution < -0.4 is 14.8 Å². The minimum absolute atomic E-state index is 0.0963. The molecule has 2 atom stereocenters. The fourth-order valence-corrected chi connectivity index (χ4v) is 4.71. The number of fused-ring (bicyclic) bond motifs is 1. The maximum Gasteiger partial charge on any atom is 0.410 e. The number of ether oxygens (including phenoxy) is 2. The summed E-state index contributed by atoms with van der Waals surface area (Å²) >= 11 is 0. The van der Waals surface area contributed by atoms with Crippen molar-refractivity contribution in [3.8, 4) is 11.5 Å². The number of halogens is 3. The smallest absolute Gasteiger partial charge is 0.410 e. The maximum absolute atomic E-state index is 14.0. The van der Waals surface area contributed by atoms with Gasteiger partial charge in [-0.1, -0.05) is 54.6 Å². The summed E-state index contributed by atoms with van der Waals surface area (Å²) < 4.78 is 53.8. The van der Waals surface area contributed by atoms with Gasteiger partial charge in [0.2, 0.25) is 0 Å². The molecular formula is C30H28F3N3O3. The van der Waals surface area contributed by atoms with E-state index < -0.39 is 18.3 Å². The lowest BCUT2D eigenvalue weighted by Crippen LogP contribution is -2.36. The summed E-state index contributed by atoms with van der Waals surface area (Å²) in [5.41, 5.74) is 2.82. The van der Waals surface area contributed by atoms with Crippen LogP contribution in [-0.2, 0) is 13.0 Å². The van der Waals surface area contributed by atoms with Gasteiger partial charge in [-0.2, -0.15) is 18.3 Å². The zero-order valence-electron chi connectivity index (χ0n) is 21.3. The summed E-state index contributed by atoms with van der Waals surface area (Å²) in [5, 5.41) is 7.11. The first kappa shape index (κ1) is 26.3. The number of hydrogen-bond acceptors (Lipinski definition) is 5. The van der Waals surface area contributed by atoms with Crippen LogP contribution in [0.4, 0.5) is 19.0 Å². The standard InChI is InChI=1S/C30H28F3N3O3/c1-38-23-14-10-22(11-15-23)26-17-28(30(31,32)33)36-29(35-26)25(18-34-36)27(37)16-9-20-7-12-24(13-8-20)39-19-21-5-3-2-4-6-21/h2-8,10-15,18,26,28,35H,9,16-17,19H2,1H3. The molecule has 1 aromatic heterocycles. The lowest BCUT2D eigenvalue weighted by Gasteiger charge is -2.34. The van der Waals surface area contributed by atoms with Crippen LogP contribution in [0.3, 0.4) is 0 Å². The second-order valence-corrected chi connectivity index (χ2v) is 9.46. The topological polar surface area (TPSA) is 65.4 Å². The number of Topliss-reactive ketones (excluding diaryl/α,β-unsaturated/α-hetero) is 1. The number of nitrogens with zero attached hydrogens (tertiary/aromatic N) is 2. The first-order valence-electron chi connectivity index (χ1n) is 12.7. The predicted octanol–water partition coefficient (Wildman–Crippen LogP) is 6.95. The molecule has 0 spiro atoms. The lowest BCUT2D eigenvalue weighted by molar-refractivity contribution is -0.173. The first-order chi connectivity index (χ1) is 18.8. The molecule has 0 aliphatic carbocycles. The Morgan fingerprint density at radius 2 is 1.67 bits per heavy atom. The molecule has 202 valence electrons. The second kappa shape index (κ2) is 11.2. The molecule has 2 heterocycles. The molecule has 1 aliphatic rings. The summed E-state index contributed by atoms with van der Waals surface area (Å²) in [6, 6.07) is 21.7. The molecule has 0 amide bonds. The zero-order chi connectivity index (χ0) is 27.4. The Hall–Kier alpha value is -4.27. The van der Waals surface area contributed by atoms with E-state index in [1.54, 1.807) is 24.3 Å². The van der Waals surface area contributed by atoms with Crippen molar-refractivity contribution in [3.05, 3.63) is 107 Å². The Labute approximate surface area is 224 Å².